The number of nitrogens with one attached hydrogen (secondary N) is 2. The molecule has 32 heavy (non-hydrogen) atoms. The van der Waals surface area contributed by atoms with E-state index in [-0.39, 0.29) is 17.7 Å². The Labute approximate surface area is 193 Å². The van der Waals surface area contributed by atoms with Crippen molar-refractivity contribution in [3.63, 3.8) is 0 Å². The number of rotatable bonds is 8. The molecular weight excluding hydrogens is 424 g/mol. The number of nitrogens with zero attached hydrogens (tertiary/aromatic N) is 2. The molecule has 0 radical (unpaired) electrons. The van der Waals surface area contributed by atoms with Gasteiger partial charge in [-0.05, 0) is 44.4 Å². The fraction of sp³-hybridized carbons (Fsp3) is 0.320. The number of amides is 2. The third kappa shape index (κ3) is 5.56. The number of hydrogen-bond donors (Lipinski definition) is 2. The summed E-state index contributed by atoms with van der Waals surface area (Å²) in [6.45, 7) is 8.22. The predicted octanol–water partition coefficient (Wildman–Crippen LogP) is 5.17. The third-order valence-corrected chi connectivity index (χ3v) is 5.48. The van der Waals surface area contributed by atoms with Gasteiger partial charge in [0.25, 0.3) is 11.8 Å². The molecule has 2 N–H and O–H groups in total. The largest absolute Gasteiger partial charge is 0.344 e. The summed E-state index contributed by atoms with van der Waals surface area (Å²) in [6, 6.07) is 14.4. The Morgan fingerprint density at radius 3 is 2.44 bits per heavy atom. The van der Waals surface area contributed by atoms with Gasteiger partial charge in [0, 0.05) is 28.7 Å². The number of benzene rings is 2. The van der Waals surface area contributed by atoms with Gasteiger partial charge in [-0.1, -0.05) is 55.8 Å². The standard InChI is InChI=1S/C25H29ClN4O2/c1-16(2)13-22(28-24(31)20-10-5-7-11-21(20)26)25(32)29-27-14-18-15-30(17(3)4)23-12-8-6-9-19(18)23/h5-12,14-17,22H,13H2,1-4H3,(H,28,31)(H,29,32)/b27-14-/t22-/m0/s1. The summed E-state index contributed by atoms with van der Waals surface area (Å²) in [4.78, 5) is 25.5. The molecule has 3 rings (SSSR count). The zero-order chi connectivity index (χ0) is 23.3. The maximum absolute atomic E-state index is 12.8. The second-order valence-electron chi connectivity index (χ2n) is 8.47. The molecule has 0 saturated carbocycles. The average Bonchev–Trinajstić information content (AvgIpc) is 3.12. The molecule has 0 aliphatic rings. The molecule has 3 aromatic rings. The Bertz CT molecular complexity index is 1130. The predicted molar refractivity (Wildman–Crippen MR) is 130 cm³/mol. The molecule has 2 amide bonds. The van der Waals surface area contributed by atoms with Crippen LogP contribution in [-0.2, 0) is 4.79 Å². The van der Waals surface area contributed by atoms with Crippen LogP contribution < -0.4 is 10.7 Å². The monoisotopic (exact) mass is 452 g/mol. The van der Waals surface area contributed by atoms with Crippen LogP contribution in [0.1, 0.15) is 56.1 Å². The van der Waals surface area contributed by atoms with E-state index in [2.05, 4.69) is 40.3 Å². The van der Waals surface area contributed by atoms with Crippen LogP contribution in [0.15, 0.2) is 59.8 Å². The Kier molecular flexibility index (Phi) is 7.70. The van der Waals surface area contributed by atoms with Crippen LogP contribution >= 0.6 is 11.6 Å². The van der Waals surface area contributed by atoms with Gasteiger partial charge in [-0.2, -0.15) is 5.10 Å². The molecule has 168 valence electrons. The molecule has 1 aromatic heterocycles. The van der Waals surface area contributed by atoms with Crippen molar-refractivity contribution in [2.45, 2.75) is 46.2 Å². The van der Waals surface area contributed by atoms with E-state index in [1.54, 1.807) is 30.5 Å². The van der Waals surface area contributed by atoms with Crippen molar-refractivity contribution in [3.8, 4) is 0 Å². The molecule has 0 saturated heterocycles. The zero-order valence-electron chi connectivity index (χ0n) is 18.8. The Morgan fingerprint density at radius 2 is 1.75 bits per heavy atom. The van der Waals surface area contributed by atoms with Crippen molar-refractivity contribution < 1.29 is 9.59 Å². The highest BCUT2D eigenvalue weighted by Gasteiger charge is 2.23. The van der Waals surface area contributed by atoms with Crippen molar-refractivity contribution >= 4 is 40.5 Å². The van der Waals surface area contributed by atoms with Gasteiger partial charge >= 0.3 is 0 Å². The van der Waals surface area contributed by atoms with Gasteiger partial charge in [-0.25, -0.2) is 5.43 Å². The van der Waals surface area contributed by atoms with Gasteiger partial charge < -0.3 is 9.88 Å². The SMILES string of the molecule is CC(C)C[C@H](NC(=O)c1ccccc1Cl)C(=O)N/N=C\c1cn(C(C)C)c2ccccc12. The lowest BCUT2D eigenvalue weighted by atomic mass is 10.0. The van der Waals surface area contributed by atoms with Crippen LogP contribution in [0.3, 0.4) is 0 Å². The third-order valence-electron chi connectivity index (χ3n) is 5.15. The second-order valence-corrected chi connectivity index (χ2v) is 8.88. The maximum atomic E-state index is 12.8. The van der Waals surface area contributed by atoms with Crippen LogP contribution in [0.2, 0.25) is 5.02 Å². The molecule has 0 bridgehead atoms. The summed E-state index contributed by atoms with van der Waals surface area (Å²) in [7, 11) is 0. The fourth-order valence-corrected chi connectivity index (χ4v) is 3.81. The van der Waals surface area contributed by atoms with Crippen LogP contribution in [0.25, 0.3) is 10.9 Å². The highest BCUT2D eigenvalue weighted by Crippen LogP contribution is 2.23. The van der Waals surface area contributed by atoms with Gasteiger partial charge in [-0.15, -0.1) is 0 Å². The lowest BCUT2D eigenvalue weighted by Crippen LogP contribution is -2.46. The van der Waals surface area contributed by atoms with E-state index in [1.165, 1.54) is 0 Å². The average molecular weight is 453 g/mol. The van der Waals surface area contributed by atoms with Crippen molar-refractivity contribution in [1.29, 1.82) is 0 Å². The summed E-state index contributed by atoms with van der Waals surface area (Å²) >= 11 is 6.12. The molecule has 1 atom stereocenters. The number of hydrazone groups is 1. The van der Waals surface area contributed by atoms with Crippen LogP contribution in [0, 0.1) is 5.92 Å². The Hall–Kier alpha value is -3.12. The number of hydrogen-bond acceptors (Lipinski definition) is 3. The van der Waals surface area contributed by atoms with E-state index in [0.717, 1.165) is 16.5 Å². The number of para-hydroxylation sites is 1. The summed E-state index contributed by atoms with van der Waals surface area (Å²) in [5, 5.41) is 8.37. The highest BCUT2D eigenvalue weighted by molar-refractivity contribution is 6.33. The molecular formula is C25H29ClN4O2. The van der Waals surface area contributed by atoms with E-state index in [1.807, 2.05) is 38.2 Å². The topological polar surface area (TPSA) is 75.5 Å². The fourth-order valence-electron chi connectivity index (χ4n) is 3.59. The Balaban J connectivity index is 1.74. The lowest BCUT2D eigenvalue weighted by molar-refractivity contribution is -0.123. The minimum atomic E-state index is -0.729. The molecule has 0 aliphatic heterocycles. The van der Waals surface area contributed by atoms with Crippen LogP contribution in [0.4, 0.5) is 0 Å². The van der Waals surface area contributed by atoms with Crippen molar-refractivity contribution in [1.82, 2.24) is 15.3 Å². The van der Waals surface area contributed by atoms with Gasteiger partial charge in [0.1, 0.15) is 6.04 Å². The van der Waals surface area contributed by atoms with E-state index in [4.69, 9.17) is 11.6 Å². The number of aromatic nitrogens is 1. The zero-order valence-corrected chi connectivity index (χ0v) is 19.6. The summed E-state index contributed by atoms with van der Waals surface area (Å²) < 4.78 is 2.17. The number of halogens is 1. The first-order valence-corrected chi connectivity index (χ1v) is 11.1. The summed E-state index contributed by atoms with van der Waals surface area (Å²) in [5.74, 6) is -0.561. The van der Waals surface area contributed by atoms with Crippen molar-refractivity contribution in [3.05, 3.63) is 70.9 Å². The summed E-state index contributed by atoms with van der Waals surface area (Å²) in [6.07, 6.45) is 4.14. The van der Waals surface area contributed by atoms with Crippen molar-refractivity contribution in [2.24, 2.45) is 11.0 Å². The molecule has 0 aliphatic carbocycles. The quantitative estimate of drug-likeness (QED) is 0.365. The lowest BCUT2D eigenvalue weighted by Gasteiger charge is -2.19. The minimum Gasteiger partial charge on any atom is -0.344 e. The molecule has 2 aromatic carbocycles. The number of carbonyl (C=O) groups excluding carboxylic acids is 2. The number of carbonyl (C=O) groups is 2. The first kappa shape index (κ1) is 23.5. The maximum Gasteiger partial charge on any atom is 0.262 e. The Morgan fingerprint density at radius 1 is 1.06 bits per heavy atom. The first-order chi connectivity index (χ1) is 15.3. The second kappa shape index (κ2) is 10.5. The molecule has 6 nitrogen and oxygen atoms in total. The van der Waals surface area contributed by atoms with E-state index in [9.17, 15) is 9.59 Å². The van der Waals surface area contributed by atoms with Crippen LogP contribution in [0.5, 0.6) is 0 Å². The van der Waals surface area contributed by atoms with Gasteiger partial charge in [0.2, 0.25) is 0 Å². The molecule has 1 heterocycles. The van der Waals surface area contributed by atoms with Gasteiger partial charge in [-0.3, -0.25) is 9.59 Å². The minimum absolute atomic E-state index is 0.199. The van der Waals surface area contributed by atoms with Gasteiger partial charge in [0.15, 0.2) is 0 Å². The normalized spacial score (nSPS) is 12.6. The van der Waals surface area contributed by atoms with E-state index < -0.39 is 6.04 Å². The van der Waals surface area contributed by atoms with Crippen LogP contribution in [-0.4, -0.2) is 28.6 Å². The van der Waals surface area contributed by atoms with E-state index >= 15 is 0 Å². The molecule has 0 spiro atoms. The highest BCUT2D eigenvalue weighted by atomic mass is 35.5. The molecule has 0 unspecified atom stereocenters. The smallest absolute Gasteiger partial charge is 0.262 e. The van der Waals surface area contributed by atoms with E-state index in [0.29, 0.717) is 23.0 Å². The van der Waals surface area contributed by atoms with Gasteiger partial charge in [0.05, 0.1) is 16.8 Å². The first-order valence-electron chi connectivity index (χ1n) is 10.8. The number of fused-ring (bicyclic) bond motifs is 1. The van der Waals surface area contributed by atoms with Crippen molar-refractivity contribution in [2.75, 3.05) is 0 Å². The summed E-state index contributed by atoms with van der Waals surface area (Å²) in [5.41, 5.74) is 4.94. The molecule has 0 fully saturated rings. The molecule has 7 heteroatoms.